The molecule has 34 heavy (non-hydrogen) atoms. The van der Waals surface area contributed by atoms with Crippen molar-refractivity contribution in [2.24, 2.45) is 11.0 Å². The number of fused-ring (bicyclic) bond motifs is 1. The summed E-state index contributed by atoms with van der Waals surface area (Å²) in [5.41, 5.74) is 1.33. The van der Waals surface area contributed by atoms with Gasteiger partial charge in [-0.1, -0.05) is 18.2 Å². The van der Waals surface area contributed by atoms with Gasteiger partial charge in [-0.2, -0.15) is 5.10 Å². The van der Waals surface area contributed by atoms with E-state index in [1.54, 1.807) is 24.3 Å². The Morgan fingerprint density at radius 2 is 1.26 bits per heavy atom. The molecule has 0 saturated carbocycles. The van der Waals surface area contributed by atoms with Gasteiger partial charge in [0, 0.05) is 24.3 Å². The Kier molecular flexibility index (Phi) is 4.86. The number of nitro groups is 2. The smallest absolute Gasteiger partial charge is 0.269 e. The summed E-state index contributed by atoms with van der Waals surface area (Å²) in [6.07, 6.45) is 0. The van der Waals surface area contributed by atoms with Crippen molar-refractivity contribution in [2.75, 3.05) is 9.91 Å². The van der Waals surface area contributed by atoms with Crippen molar-refractivity contribution in [3.8, 4) is 0 Å². The fraction of sp³-hybridized carbons (Fsp3) is 0.0870. The number of non-ortho nitro benzene ring substituents is 2. The molecular formula is C23H15N5O6. The molecule has 0 N–H and O–H groups in total. The standard InChI is InChI=1S/C23H15N5O6/c29-22-19-20(14-6-8-17(9-7-14)27(31)32)24-26(16-4-2-1-3-5-16)21(19)23(30)25(22)15-10-12-18(13-11-15)28(33)34/h1-13,19,21H. The van der Waals surface area contributed by atoms with Crippen LogP contribution in [0.5, 0.6) is 0 Å². The summed E-state index contributed by atoms with van der Waals surface area (Å²) in [7, 11) is 0. The summed E-state index contributed by atoms with van der Waals surface area (Å²) >= 11 is 0. The van der Waals surface area contributed by atoms with Crippen LogP contribution in [0.1, 0.15) is 5.56 Å². The van der Waals surface area contributed by atoms with E-state index in [2.05, 4.69) is 5.10 Å². The summed E-state index contributed by atoms with van der Waals surface area (Å²) in [6, 6.07) is 18.7. The first-order valence-electron chi connectivity index (χ1n) is 10.2. The minimum Gasteiger partial charge on any atom is -0.273 e. The van der Waals surface area contributed by atoms with Crippen molar-refractivity contribution in [3.63, 3.8) is 0 Å². The number of amides is 2. The number of nitrogens with zero attached hydrogens (tertiary/aromatic N) is 5. The number of rotatable bonds is 5. The second-order valence-corrected chi connectivity index (χ2v) is 7.68. The van der Waals surface area contributed by atoms with Crippen molar-refractivity contribution < 1.29 is 19.4 Å². The van der Waals surface area contributed by atoms with Crippen LogP contribution in [0.15, 0.2) is 84.0 Å². The van der Waals surface area contributed by atoms with E-state index in [-0.39, 0.29) is 17.1 Å². The van der Waals surface area contributed by atoms with Gasteiger partial charge in [0.1, 0.15) is 12.0 Å². The van der Waals surface area contributed by atoms with Crippen molar-refractivity contribution in [3.05, 3.63) is 105 Å². The molecule has 0 aromatic heterocycles. The van der Waals surface area contributed by atoms with Gasteiger partial charge in [0.2, 0.25) is 5.91 Å². The summed E-state index contributed by atoms with van der Waals surface area (Å²) < 4.78 is 0. The Morgan fingerprint density at radius 3 is 1.82 bits per heavy atom. The molecule has 1 saturated heterocycles. The van der Waals surface area contributed by atoms with E-state index in [4.69, 9.17) is 0 Å². The lowest BCUT2D eigenvalue weighted by molar-refractivity contribution is -0.385. The van der Waals surface area contributed by atoms with E-state index in [0.717, 1.165) is 4.90 Å². The van der Waals surface area contributed by atoms with Gasteiger partial charge in [-0.3, -0.25) is 34.8 Å². The average molecular weight is 457 g/mol. The fourth-order valence-corrected chi connectivity index (χ4v) is 4.18. The highest BCUT2D eigenvalue weighted by molar-refractivity contribution is 6.34. The largest absolute Gasteiger partial charge is 0.273 e. The molecule has 2 amide bonds. The summed E-state index contributed by atoms with van der Waals surface area (Å²) in [5, 5.41) is 28.1. The highest BCUT2D eigenvalue weighted by atomic mass is 16.6. The fourth-order valence-electron chi connectivity index (χ4n) is 4.18. The lowest BCUT2D eigenvalue weighted by Gasteiger charge is -2.22. The molecule has 2 unspecified atom stereocenters. The molecule has 3 aromatic rings. The van der Waals surface area contributed by atoms with E-state index in [1.165, 1.54) is 53.5 Å². The highest BCUT2D eigenvalue weighted by Gasteiger charge is 2.57. The van der Waals surface area contributed by atoms with Crippen LogP contribution in [0.4, 0.5) is 22.7 Å². The highest BCUT2D eigenvalue weighted by Crippen LogP contribution is 2.39. The van der Waals surface area contributed by atoms with Crippen LogP contribution >= 0.6 is 0 Å². The van der Waals surface area contributed by atoms with E-state index in [1.807, 2.05) is 6.07 Å². The van der Waals surface area contributed by atoms with Crippen LogP contribution in [0, 0.1) is 26.1 Å². The molecule has 11 heteroatoms. The quantitative estimate of drug-likeness (QED) is 0.325. The predicted octanol–water partition coefficient (Wildman–Crippen LogP) is 3.29. The molecule has 11 nitrogen and oxygen atoms in total. The number of hydrogen-bond donors (Lipinski definition) is 0. The molecule has 3 aromatic carbocycles. The maximum absolute atomic E-state index is 13.5. The lowest BCUT2D eigenvalue weighted by Crippen LogP contribution is -2.39. The zero-order valence-corrected chi connectivity index (χ0v) is 17.3. The zero-order valence-electron chi connectivity index (χ0n) is 17.3. The molecule has 168 valence electrons. The van der Waals surface area contributed by atoms with Crippen molar-refractivity contribution in [2.45, 2.75) is 6.04 Å². The van der Waals surface area contributed by atoms with Crippen LogP contribution in [0.25, 0.3) is 0 Å². The van der Waals surface area contributed by atoms with Crippen LogP contribution in [0.3, 0.4) is 0 Å². The van der Waals surface area contributed by atoms with E-state index < -0.39 is 33.6 Å². The van der Waals surface area contributed by atoms with Crippen LogP contribution in [0.2, 0.25) is 0 Å². The third-order valence-electron chi connectivity index (χ3n) is 5.76. The second kappa shape index (κ2) is 7.89. The van der Waals surface area contributed by atoms with Gasteiger partial charge < -0.3 is 0 Å². The second-order valence-electron chi connectivity index (χ2n) is 7.68. The first-order valence-corrected chi connectivity index (χ1v) is 10.2. The van der Waals surface area contributed by atoms with Crippen LogP contribution in [-0.4, -0.2) is 33.4 Å². The van der Waals surface area contributed by atoms with E-state index in [0.29, 0.717) is 17.0 Å². The molecule has 2 atom stereocenters. The number of hydrogen-bond acceptors (Lipinski definition) is 8. The van der Waals surface area contributed by atoms with Gasteiger partial charge in [0.15, 0.2) is 0 Å². The topological polar surface area (TPSA) is 139 Å². The van der Waals surface area contributed by atoms with Gasteiger partial charge in [-0.15, -0.1) is 0 Å². The normalized spacial score (nSPS) is 19.2. The number of benzene rings is 3. The van der Waals surface area contributed by atoms with Gasteiger partial charge >= 0.3 is 0 Å². The van der Waals surface area contributed by atoms with Gasteiger partial charge in [-0.05, 0) is 42.0 Å². The molecule has 0 spiro atoms. The maximum Gasteiger partial charge on any atom is 0.269 e. The third kappa shape index (κ3) is 3.26. The van der Waals surface area contributed by atoms with Crippen LogP contribution < -0.4 is 9.91 Å². The Hall–Kier alpha value is -4.93. The number of carbonyl (C=O) groups is 2. The summed E-state index contributed by atoms with van der Waals surface area (Å²) in [5.74, 6) is -2.00. The molecule has 0 radical (unpaired) electrons. The molecular weight excluding hydrogens is 442 g/mol. The number of para-hydroxylation sites is 1. The number of imide groups is 1. The Morgan fingerprint density at radius 1 is 0.706 bits per heavy atom. The summed E-state index contributed by atoms with van der Waals surface area (Å²) in [4.78, 5) is 48.9. The molecule has 2 aliphatic heterocycles. The molecule has 0 bridgehead atoms. The van der Waals surface area contributed by atoms with Gasteiger partial charge in [0.25, 0.3) is 17.3 Å². The molecule has 1 fully saturated rings. The molecule has 0 aliphatic carbocycles. The number of nitro benzene ring substituents is 2. The third-order valence-corrected chi connectivity index (χ3v) is 5.76. The lowest BCUT2D eigenvalue weighted by atomic mass is 9.92. The summed E-state index contributed by atoms with van der Waals surface area (Å²) in [6.45, 7) is 0. The first-order chi connectivity index (χ1) is 16.4. The number of anilines is 2. The molecule has 2 heterocycles. The minimum absolute atomic E-state index is 0.111. The molecule has 2 aliphatic rings. The number of carbonyl (C=O) groups excluding carboxylic acids is 2. The minimum atomic E-state index is -0.963. The van der Waals surface area contributed by atoms with Crippen molar-refractivity contribution in [1.29, 1.82) is 0 Å². The molecule has 5 rings (SSSR count). The van der Waals surface area contributed by atoms with Gasteiger partial charge in [-0.25, -0.2) is 4.90 Å². The average Bonchev–Trinajstić information content (AvgIpc) is 3.36. The predicted molar refractivity (Wildman–Crippen MR) is 121 cm³/mol. The first kappa shape index (κ1) is 20.9. The van der Waals surface area contributed by atoms with Crippen molar-refractivity contribution in [1.82, 2.24) is 0 Å². The Balaban J connectivity index is 1.58. The Labute approximate surface area is 191 Å². The van der Waals surface area contributed by atoms with Gasteiger partial charge in [0.05, 0.1) is 26.9 Å². The van der Waals surface area contributed by atoms with E-state index >= 15 is 0 Å². The Bertz CT molecular complexity index is 1350. The SMILES string of the molecule is O=C1C2C(c3ccc([N+](=O)[O-])cc3)=NN(c3ccccc3)C2C(=O)N1c1ccc([N+](=O)[O-])cc1. The van der Waals surface area contributed by atoms with Crippen molar-refractivity contribution >= 4 is 40.3 Å². The van der Waals surface area contributed by atoms with Crippen LogP contribution in [-0.2, 0) is 9.59 Å². The number of hydrazone groups is 1. The zero-order chi connectivity index (χ0) is 24.0. The van der Waals surface area contributed by atoms with E-state index in [9.17, 15) is 29.8 Å². The maximum atomic E-state index is 13.5. The monoisotopic (exact) mass is 457 g/mol.